The predicted molar refractivity (Wildman–Crippen MR) is 125 cm³/mol. The van der Waals surface area contributed by atoms with Crippen molar-refractivity contribution in [3.63, 3.8) is 0 Å². The highest BCUT2D eigenvalue weighted by Crippen LogP contribution is 2.23. The van der Waals surface area contributed by atoms with E-state index in [0.717, 1.165) is 0 Å². The van der Waals surface area contributed by atoms with Gasteiger partial charge in [0.2, 0.25) is 5.95 Å². The number of aromatic amines is 1. The summed E-state index contributed by atoms with van der Waals surface area (Å²) in [5, 5.41) is 6.70. The Morgan fingerprint density at radius 3 is 2.33 bits per heavy atom. The Balaban J connectivity index is 0.00000129. The third kappa shape index (κ3) is 6.31. The first-order chi connectivity index (χ1) is 15.9. The van der Waals surface area contributed by atoms with Gasteiger partial charge in [-0.25, -0.2) is 14.6 Å². The van der Waals surface area contributed by atoms with E-state index in [1.807, 2.05) is 27.7 Å². The molecule has 0 aliphatic rings. The SMILES string of the molecule is CC.CC.COC(=O)Nc1nc2c(C)nn(Cc3ccc(C(=O)OC)cc3OC)c2c(=O)[nH]1. The number of carbonyl (C=O) groups excluding carboxylic acids is 2. The first-order valence-corrected chi connectivity index (χ1v) is 10.5. The van der Waals surface area contributed by atoms with Gasteiger partial charge in [0, 0.05) is 5.56 Å². The molecule has 0 atom stereocenters. The molecule has 0 aliphatic carbocycles. The molecule has 0 spiro atoms. The van der Waals surface area contributed by atoms with Crippen LogP contribution in [0.15, 0.2) is 23.0 Å². The highest BCUT2D eigenvalue weighted by atomic mass is 16.5. The van der Waals surface area contributed by atoms with Crippen molar-refractivity contribution in [3.8, 4) is 5.75 Å². The molecular weight excluding hydrogens is 430 g/mol. The van der Waals surface area contributed by atoms with Crippen LogP contribution in [0.25, 0.3) is 11.0 Å². The van der Waals surface area contributed by atoms with E-state index in [9.17, 15) is 14.4 Å². The van der Waals surface area contributed by atoms with E-state index in [0.29, 0.717) is 28.1 Å². The predicted octanol–water partition coefficient (Wildman–Crippen LogP) is 3.50. The summed E-state index contributed by atoms with van der Waals surface area (Å²) in [7, 11) is 3.98. The number of rotatable bonds is 5. The normalized spacial score (nSPS) is 9.70. The summed E-state index contributed by atoms with van der Waals surface area (Å²) in [6.07, 6.45) is -0.757. The minimum Gasteiger partial charge on any atom is -0.496 e. The van der Waals surface area contributed by atoms with Crippen LogP contribution < -0.4 is 15.6 Å². The zero-order valence-corrected chi connectivity index (χ0v) is 20.2. The Hall–Kier alpha value is -3.89. The van der Waals surface area contributed by atoms with Crippen LogP contribution >= 0.6 is 0 Å². The second-order valence-electron chi connectivity index (χ2n) is 5.99. The van der Waals surface area contributed by atoms with Gasteiger partial charge in [-0.3, -0.25) is 19.8 Å². The fourth-order valence-corrected chi connectivity index (χ4v) is 2.84. The lowest BCUT2D eigenvalue weighted by molar-refractivity contribution is 0.0600. The van der Waals surface area contributed by atoms with Gasteiger partial charge in [0.25, 0.3) is 5.56 Å². The summed E-state index contributed by atoms with van der Waals surface area (Å²) in [4.78, 5) is 42.4. The lowest BCUT2D eigenvalue weighted by atomic mass is 10.1. The summed E-state index contributed by atoms with van der Waals surface area (Å²) in [5.41, 5.74) is 1.63. The molecule has 11 nitrogen and oxygen atoms in total. The molecule has 3 rings (SSSR count). The van der Waals surface area contributed by atoms with Crippen molar-refractivity contribution in [2.75, 3.05) is 26.6 Å². The quantitative estimate of drug-likeness (QED) is 0.551. The van der Waals surface area contributed by atoms with E-state index in [2.05, 4.69) is 25.1 Å². The lowest BCUT2D eigenvalue weighted by Crippen LogP contribution is -2.19. The van der Waals surface area contributed by atoms with Gasteiger partial charge in [-0.1, -0.05) is 33.8 Å². The molecule has 0 saturated carbocycles. The summed E-state index contributed by atoms with van der Waals surface area (Å²) < 4.78 is 16.1. The van der Waals surface area contributed by atoms with Gasteiger partial charge in [-0.15, -0.1) is 0 Å². The van der Waals surface area contributed by atoms with Crippen LogP contribution in [0.2, 0.25) is 0 Å². The molecule has 0 unspecified atom stereocenters. The number of amides is 1. The minimum atomic E-state index is -0.757. The highest BCUT2D eigenvalue weighted by Gasteiger charge is 2.18. The van der Waals surface area contributed by atoms with Crippen LogP contribution in [0.1, 0.15) is 49.3 Å². The van der Waals surface area contributed by atoms with E-state index in [4.69, 9.17) is 9.47 Å². The number of anilines is 1. The summed E-state index contributed by atoms with van der Waals surface area (Å²) in [6.45, 7) is 9.90. The molecule has 1 amide bonds. The van der Waals surface area contributed by atoms with E-state index >= 15 is 0 Å². The van der Waals surface area contributed by atoms with Crippen LogP contribution in [0.3, 0.4) is 0 Å². The number of carbonyl (C=O) groups is 2. The number of H-pyrrole nitrogens is 1. The molecule has 0 saturated heterocycles. The first-order valence-electron chi connectivity index (χ1n) is 10.5. The van der Waals surface area contributed by atoms with E-state index in [1.54, 1.807) is 25.1 Å². The number of aromatic nitrogens is 4. The summed E-state index contributed by atoms with van der Waals surface area (Å²) in [6, 6.07) is 4.85. The highest BCUT2D eigenvalue weighted by molar-refractivity contribution is 5.90. The third-order valence-electron chi connectivity index (χ3n) is 4.20. The number of methoxy groups -OCH3 is 3. The van der Waals surface area contributed by atoms with Crippen molar-refractivity contribution >= 4 is 29.0 Å². The molecule has 33 heavy (non-hydrogen) atoms. The standard InChI is InChI=1S/C18H19N5O6.2C2H6/c1-9-13-14(15(24)20-17(19-13)21-18(26)29-4)23(22-9)8-11-6-5-10(16(25)28-3)7-12(11)27-2;2*1-2/h5-7H,8H2,1-4H3,(H2,19,20,21,24,26);2*1-2H3. The molecule has 11 heteroatoms. The van der Waals surface area contributed by atoms with Crippen LogP contribution in [-0.2, 0) is 16.0 Å². The lowest BCUT2D eigenvalue weighted by Gasteiger charge is -2.11. The maximum atomic E-state index is 12.6. The minimum absolute atomic E-state index is 0.0444. The largest absolute Gasteiger partial charge is 0.496 e. The maximum Gasteiger partial charge on any atom is 0.413 e. The van der Waals surface area contributed by atoms with Crippen molar-refractivity contribution in [2.24, 2.45) is 0 Å². The second kappa shape index (κ2) is 12.8. The Labute approximate surface area is 192 Å². The molecule has 3 aromatic rings. The maximum absolute atomic E-state index is 12.6. The monoisotopic (exact) mass is 461 g/mol. The molecule has 0 radical (unpaired) electrons. The molecule has 2 heterocycles. The molecule has 1 aromatic carbocycles. The van der Waals surface area contributed by atoms with Gasteiger partial charge in [0.1, 0.15) is 11.3 Å². The summed E-state index contributed by atoms with van der Waals surface area (Å²) in [5.74, 6) is -0.0823. The Morgan fingerprint density at radius 2 is 1.76 bits per heavy atom. The number of nitrogens with zero attached hydrogens (tertiary/aromatic N) is 3. The Kier molecular flexibility index (Phi) is 10.6. The molecule has 180 valence electrons. The topological polar surface area (TPSA) is 137 Å². The van der Waals surface area contributed by atoms with E-state index < -0.39 is 17.6 Å². The van der Waals surface area contributed by atoms with Crippen LogP contribution in [0.5, 0.6) is 5.75 Å². The van der Waals surface area contributed by atoms with Crippen LogP contribution in [-0.4, -0.2) is 53.1 Å². The van der Waals surface area contributed by atoms with Crippen molar-refractivity contribution in [2.45, 2.75) is 41.2 Å². The Morgan fingerprint density at radius 1 is 1.09 bits per heavy atom. The number of ether oxygens (including phenoxy) is 3. The van der Waals surface area contributed by atoms with Crippen LogP contribution in [0, 0.1) is 6.92 Å². The summed E-state index contributed by atoms with van der Waals surface area (Å²) >= 11 is 0. The number of fused-ring (bicyclic) bond motifs is 1. The number of esters is 1. The molecule has 0 fully saturated rings. The zero-order chi connectivity index (χ0) is 25.1. The van der Waals surface area contributed by atoms with E-state index in [-0.39, 0.29) is 18.0 Å². The average Bonchev–Trinajstić information content (AvgIpc) is 3.16. The fourth-order valence-electron chi connectivity index (χ4n) is 2.84. The van der Waals surface area contributed by atoms with Gasteiger partial charge < -0.3 is 14.2 Å². The van der Waals surface area contributed by atoms with Crippen molar-refractivity contribution in [1.82, 2.24) is 19.7 Å². The molecule has 2 aromatic heterocycles. The van der Waals surface area contributed by atoms with Crippen molar-refractivity contribution in [3.05, 3.63) is 45.4 Å². The van der Waals surface area contributed by atoms with E-state index in [1.165, 1.54) is 26.0 Å². The van der Waals surface area contributed by atoms with Crippen molar-refractivity contribution in [1.29, 1.82) is 0 Å². The van der Waals surface area contributed by atoms with Gasteiger partial charge in [0.05, 0.1) is 39.1 Å². The smallest absolute Gasteiger partial charge is 0.413 e. The first kappa shape index (κ1) is 27.1. The van der Waals surface area contributed by atoms with Crippen LogP contribution in [0.4, 0.5) is 10.7 Å². The molecule has 0 bridgehead atoms. The molecule has 2 N–H and O–H groups in total. The number of aryl methyl sites for hydroxylation is 1. The molecule has 0 aliphatic heterocycles. The number of hydrogen-bond acceptors (Lipinski definition) is 8. The molecular formula is C22H31N5O6. The van der Waals surface area contributed by atoms with Gasteiger partial charge in [-0.2, -0.15) is 5.10 Å². The third-order valence-corrected chi connectivity index (χ3v) is 4.20. The van der Waals surface area contributed by atoms with Gasteiger partial charge >= 0.3 is 12.1 Å². The fraction of sp³-hybridized carbons (Fsp3) is 0.409. The van der Waals surface area contributed by atoms with Crippen molar-refractivity contribution < 1.29 is 23.8 Å². The average molecular weight is 462 g/mol. The van der Waals surface area contributed by atoms with Gasteiger partial charge in [-0.05, 0) is 19.1 Å². The number of benzene rings is 1. The second-order valence-corrected chi connectivity index (χ2v) is 5.99. The number of hydrogen-bond donors (Lipinski definition) is 2. The number of nitrogens with one attached hydrogen (secondary N) is 2. The zero-order valence-electron chi connectivity index (χ0n) is 20.2. The van der Waals surface area contributed by atoms with Gasteiger partial charge in [0.15, 0.2) is 5.52 Å². The Bertz CT molecular complexity index is 1150.